The van der Waals surface area contributed by atoms with E-state index in [1.807, 2.05) is 0 Å². The van der Waals surface area contributed by atoms with E-state index in [9.17, 15) is 17.6 Å². The maximum absolute atomic E-state index is 13.3. The predicted octanol–water partition coefficient (Wildman–Crippen LogP) is 2.91. The summed E-state index contributed by atoms with van der Waals surface area (Å²) in [6.45, 7) is 0. The average molecular weight is 246 g/mol. The molecule has 90 valence electrons. The zero-order valence-corrected chi connectivity index (χ0v) is 8.28. The largest absolute Gasteiger partial charge is 0.573 e. The van der Waals surface area contributed by atoms with E-state index in [4.69, 9.17) is 0 Å². The van der Waals surface area contributed by atoms with Gasteiger partial charge in [-0.1, -0.05) is 6.07 Å². The molecular weight excluding hydrogens is 240 g/mol. The van der Waals surface area contributed by atoms with E-state index in [1.54, 1.807) is 0 Å². The van der Waals surface area contributed by atoms with Crippen LogP contribution in [0.15, 0.2) is 36.9 Å². The molecule has 0 saturated heterocycles. The van der Waals surface area contributed by atoms with Crippen LogP contribution in [0.2, 0.25) is 0 Å². The summed E-state index contributed by atoms with van der Waals surface area (Å²) in [6, 6.07) is 3.47. The molecule has 1 heterocycles. The lowest BCUT2D eigenvalue weighted by Gasteiger charge is -2.14. The van der Waals surface area contributed by atoms with Crippen molar-refractivity contribution in [2.45, 2.75) is 6.36 Å². The summed E-state index contributed by atoms with van der Waals surface area (Å²) in [5.74, 6) is -1.97. The topological polar surface area (TPSA) is 27.1 Å². The van der Waals surface area contributed by atoms with Gasteiger partial charge in [0, 0.05) is 12.4 Å². The summed E-state index contributed by atoms with van der Waals surface area (Å²) in [7, 11) is 0. The number of benzene rings is 1. The number of ether oxygens (including phenoxy) is 1. The van der Waals surface area contributed by atoms with Crippen LogP contribution in [-0.4, -0.2) is 15.9 Å². The zero-order chi connectivity index (χ0) is 12.5. The maximum atomic E-state index is 13.3. The molecule has 0 N–H and O–H groups in total. The second kappa shape index (κ2) is 4.08. The summed E-state index contributed by atoms with van der Waals surface area (Å²) >= 11 is 0. The van der Waals surface area contributed by atoms with E-state index in [1.165, 1.54) is 35.4 Å². The highest BCUT2D eigenvalue weighted by atomic mass is 19.4. The van der Waals surface area contributed by atoms with Crippen molar-refractivity contribution in [1.29, 1.82) is 0 Å². The number of para-hydroxylation sites is 1. The molecule has 1 aromatic carbocycles. The van der Waals surface area contributed by atoms with Gasteiger partial charge >= 0.3 is 6.36 Å². The number of aromatic nitrogens is 2. The van der Waals surface area contributed by atoms with E-state index in [0.29, 0.717) is 0 Å². The lowest BCUT2D eigenvalue weighted by Crippen LogP contribution is -2.19. The standard InChI is InChI=1S/C10H6F4N2O/c11-7-2-1-3-8(16-5-4-15-6-16)9(7)17-10(12,13)14/h1-6H. The Balaban J connectivity index is 2.49. The molecule has 0 aliphatic carbocycles. The first-order chi connectivity index (χ1) is 7.97. The van der Waals surface area contributed by atoms with E-state index in [-0.39, 0.29) is 5.69 Å². The van der Waals surface area contributed by atoms with Crippen molar-refractivity contribution in [2.24, 2.45) is 0 Å². The molecule has 2 aromatic rings. The number of hydrogen-bond acceptors (Lipinski definition) is 2. The number of rotatable bonds is 2. The Labute approximate surface area is 93.3 Å². The third kappa shape index (κ3) is 2.55. The van der Waals surface area contributed by atoms with Gasteiger partial charge in [-0.3, -0.25) is 0 Å². The SMILES string of the molecule is Fc1cccc(-n2ccnc2)c1OC(F)(F)F. The Morgan fingerprint density at radius 3 is 2.59 bits per heavy atom. The quantitative estimate of drug-likeness (QED) is 0.762. The van der Waals surface area contributed by atoms with Gasteiger partial charge in [-0.25, -0.2) is 9.37 Å². The van der Waals surface area contributed by atoms with Crippen LogP contribution in [0, 0.1) is 5.82 Å². The Bertz CT molecular complexity index is 508. The van der Waals surface area contributed by atoms with Gasteiger partial charge in [0.25, 0.3) is 0 Å². The molecule has 0 amide bonds. The second-order valence-electron chi connectivity index (χ2n) is 3.11. The van der Waals surface area contributed by atoms with E-state index in [0.717, 1.165) is 6.07 Å². The highest BCUT2D eigenvalue weighted by Gasteiger charge is 2.33. The molecule has 0 radical (unpaired) electrons. The first kappa shape index (κ1) is 11.4. The number of alkyl halides is 3. The van der Waals surface area contributed by atoms with Crippen LogP contribution in [-0.2, 0) is 0 Å². The minimum absolute atomic E-state index is 0.0696. The fraction of sp³-hybridized carbons (Fsp3) is 0.100. The van der Waals surface area contributed by atoms with Crippen molar-refractivity contribution in [3.05, 3.63) is 42.7 Å². The van der Waals surface area contributed by atoms with Gasteiger partial charge in [0.05, 0.1) is 12.0 Å². The summed E-state index contributed by atoms with van der Waals surface area (Å²) < 4.78 is 54.6. The first-order valence-electron chi connectivity index (χ1n) is 4.50. The van der Waals surface area contributed by atoms with E-state index >= 15 is 0 Å². The smallest absolute Gasteiger partial charge is 0.400 e. The normalized spacial score (nSPS) is 11.5. The average Bonchev–Trinajstić information content (AvgIpc) is 2.72. The molecular formula is C10H6F4N2O. The number of nitrogens with zero attached hydrogens (tertiary/aromatic N) is 2. The van der Waals surface area contributed by atoms with Gasteiger partial charge in [0.2, 0.25) is 0 Å². The van der Waals surface area contributed by atoms with Gasteiger partial charge in [-0.15, -0.1) is 13.2 Å². The van der Waals surface area contributed by atoms with E-state index in [2.05, 4.69) is 9.72 Å². The molecule has 2 rings (SSSR count). The molecule has 3 nitrogen and oxygen atoms in total. The molecule has 0 unspecified atom stereocenters. The minimum atomic E-state index is -4.95. The third-order valence-electron chi connectivity index (χ3n) is 1.95. The highest BCUT2D eigenvalue weighted by molar-refractivity contribution is 5.47. The van der Waals surface area contributed by atoms with Gasteiger partial charge in [-0.05, 0) is 12.1 Å². The lowest BCUT2D eigenvalue weighted by molar-refractivity contribution is -0.275. The molecule has 0 saturated carbocycles. The Kier molecular flexibility index (Phi) is 2.74. The van der Waals surface area contributed by atoms with Gasteiger partial charge in [0.15, 0.2) is 11.6 Å². The van der Waals surface area contributed by atoms with Crippen LogP contribution in [0.3, 0.4) is 0 Å². The Hall–Kier alpha value is -2.05. The van der Waals surface area contributed by atoms with Crippen LogP contribution in [0.25, 0.3) is 5.69 Å². The predicted molar refractivity (Wildman–Crippen MR) is 50.2 cm³/mol. The van der Waals surface area contributed by atoms with Crippen LogP contribution < -0.4 is 4.74 Å². The van der Waals surface area contributed by atoms with Gasteiger partial charge < -0.3 is 9.30 Å². The fourth-order valence-corrected chi connectivity index (χ4v) is 1.32. The number of imidazole rings is 1. The summed E-state index contributed by atoms with van der Waals surface area (Å²) in [5.41, 5.74) is -0.0696. The number of halogens is 4. The highest BCUT2D eigenvalue weighted by Crippen LogP contribution is 2.31. The van der Waals surface area contributed by atoms with Crippen molar-refractivity contribution >= 4 is 0 Å². The second-order valence-corrected chi connectivity index (χ2v) is 3.11. The number of hydrogen-bond donors (Lipinski definition) is 0. The van der Waals surface area contributed by atoms with Crippen LogP contribution >= 0.6 is 0 Å². The van der Waals surface area contributed by atoms with Gasteiger partial charge in [-0.2, -0.15) is 0 Å². The third-order valence-corrected chi connectivity index (χ3v) is 1.95. The minimum Gasteiger partial charge on any atom is -0.400 e. The van der Waals surface area contributed by atoms with Gasteiger partial charge in [0.1, 0.15) is 0 Å². The molecule has 0 bridgehead atoms. The zero-order valence-electron chi connectivity index (χ0n) is 8.28. The van der Waals surface area contributed by atoms with Crippen LogP contribution in [0.4, 0.5) is 17.6 Å². The molecule has 0 aliphatic rings. The molecule has 0 atom stereocenters. The van der Waals surface area contributed by atoms with Crippen molar-refractivity contribution in [3.63, 3.8) is 0 Å². The lowest BCUT2D eigenvalue weighted by atomic mass is 10.3. The fourth-order valence-electron chi connectivity index (χ4n) is 1.32. The van der Waals surface area contributed by atoms with Crippen LogP contribution in [0.1, 0.15) is 0 Å². The van der Waals surface area contributed by atoms with Crippen molar-refractivity contribution < 1.29 is 22.3 Å². The molecule has 7 heteroatoms. The van der Waals surface area contributed by atoms with Crippen LogP contribution in [0.5, 0.6) is 5.75 Å². The molecule has 0 spiro atoms. The first-order valence-corrected chi connectivity index (χ1v) is 4.50. The summed E-state index contributed by atoms with van der Waals surface area (Å²) in [4.78, 5) is 3.67. The maximum Gasteiger partial charge on any atom is 0.573 e. The van der Waals surface area contributed by atoms with Crippen molar-refractivity contribution in [1.82, 2.24) is 9.55 Å². The summed E-state index contributed by atoms with van der Waals surface area (Å²) in [5, 5.41) is 0. The van der Waals surface area contributed by atoms with Crippen molar-refractivity contribution in [2.75, 3.05) is 0 Å². The molecule has 0 aliphatic heterocycles. The van der Waals surface area contributed by atoms with Crippen molar-refractivity contribution in [3.8, 4) is 11.4 Å². The molecule has 0 fully saturated rings. The molecule has 17 heavy (non-hydrogen) atoms. The Morgan fingerprint density at radius 1 is 1.24 bits per heavy atom. The molecule has 1 aromatic heterocycles. The Morgan fingerprint density at radius 2 is 2.00 bits per heavy atom. The summed E-state index contributed by atoms with van der Waals surface area (Å²) in [6.07, 6.45) is -0.949. The van der Waals surface area contributed by atoms with E-state index < -0.39 is 17.9 Å². The monoisotopic (exact) mass is 246 g/mol.